The highest BCUT2D eigenvalue weighted by Crippen LogP contribution is 2.21. The van der Waals surface area contributed by atoms with Gasteiger partial charge in [-0.3, -0.25) is 4.79 Å². The number of nitrogens with one attached hydrogen (secondary N) is 5. The molecule has 0 fully saturated rings. The number of anilines is 5. The SMILES string of the molecule is C=[P+](C)C(=O)NCCOCCOCCNc1nc(Nc2ccc(O)cc2)nc(Nc2ccc(C(=O)NCc3cc(F)cc(F)c3)cc2)n1. The van der Waals surface area contributed by atoms with Gasteiger partial charge >= 0.3 is 5.65 Å². The number of phenolic OH excluding ortho intramolecular Hbond substituents is 1. The van der Waals surface area contributed by atoms with E-state index in [1.54, 1.807) is 43.1 Å². The van der Waals surface area contributed by atoms with Gasteiger partial charge in [-0.05, 0) is 66.2 Å². The van der Waals surface area contributed by atoms with E-state index in [0.29, 0.717) is 62.0 Å². The number of halogens is 2. The van der Waals surface area contributed by atoms with Crippen molar-refractivity contribution in [3.63, 3.8) is 0 Å². The molecule has 0 saturated heterocycles. The van der Waals surface area contributed by atoms with Gasteiger partial charge in [0.25, 0.3) is 5.91 Å². The zero-order chi connectivity index (χ0) is 34.3. The third kappa shape index (κ3) is 12.2. The lowest BCUT2D eigenvalue weighted by Gasteiger charge is -2.12. The van der Waals surface area contributed by atoms with E-state index >= 15 is 0 Å². The lowest BCUT2D eigenvalue weighted by atomic mass is 10.1. The molecule has 1 aromatic heterocycles. The third-order valence-electron chi connectivity index (χ3n) is 6.31. The molecule has 0 aliphatic heterocycles. The van der Waals surface area contributed by atoms with Gasteiger partial charge in [-0.2, -0.15) is 15.0 Å². The fourth-order valence-electron chi connectivity index (χ4n) is 3.99. The first-order valence-corrected chi connectivity index (χ1v) is 16.8. The number of ether oxygens (including phenoxy) is 2. The summed E-state index contributed by atoms with van der Waals surface area (Å²) in [6.45, 7) is 3.99. The molecule has 48 heavy (non-hydrogen) atoms. The lowest BCUT2D eigenvalue weighted by Crippen LogP contribution is -2.24. The Morgan fingerprint density at radius 2 is 1.31 bits per heavy atom. The first-order chi connectivity index (χ1) is 23.1. The van der Waals surface area contributed by atoms with Crippen LogP contribution in [0.2, 0.25) is 0 Å². The maximum atomic E-state index is 13.4. The fourth-order valence-corrected chi connectivity index (χ4v) is 4.38. The first kappa shape index (κ1) is 35.6. The normalized spacial score (nSPS) is 11.0. The van der Waals surface area contributed by atoms with Crippen LogP contribution in [0, 0.1) is 11.6 Å². The summed E-state index contributed by atoms with van der Waals surface area (Å²) in [4.78, 5) is 37.4. The minimum Gasteiger partial charge on any atom is -0.508 e. The van der Waals surface area contributed by atoms with Crippen molar-refractivity contribution in [1.82, 2.24) is 25.6 Å². The van der Waals surface area contributed by atoms with Crippen molar-refractivity contribution in [1.29, 1.82) is 0 Å². The zero-order valence-electron chi connectivity index (χ0n) is 26.1. The van der Waals surface area contributed by atoms with Gasteiger partial charge in [0, 0.05) is 42.6 Å². The Bertz CT molecular complexity index is 1680. The van der Waals surface area contributed by atoms with Crippen LogP contribution in [-0.4, -0.2) is 84.1 Å². The molecule has 252 valence electrons. The molecule has 0 radical (unpaired) electrons. The summed E-state index contributed by atoms with van der Waals surface area (Å²) in [6, 6.07) is 15.9. The molecular weight excluding hydrogens is 645 g/mol. The number of nitrogens with zero attached hydrogens (tertiary/aromatic N) is 3. The summed E-state index contributed by atoms with van der Waals surface area (Å²) in [5.41, 5.74) is 1.79. The Labute approximate surface area is 276 Å². The Balaban J connectivity index is 1.30. The number of carbonyl (C=O) groups excluding carboxylic acids is 2. The molecule has 1 atom stereocenters. The van der Waals surface area contributed by atoms with Crippen LogP contribution in [0.15, 0.2) is 66.7 Å². The van der Waals surface area contributed by atoms with Crippen LogP contribution in [0.1, 0.15) is 15.9 Å². The van der Waals surface area contributed by atoms with Gasteiger partial charge in [-0.25, -0.2) is 13.6 Å². The molecule has 6 N–H and O–H groups in total. The van der Waals surface area contributed by atoms with Gasteiger partial charge in [0.1, 0.15) is 24.0 Å². The number of phenols is 1. The van der Waals surface area contributed by atoms with E-state index in [1.165, 1.54) is 12.1 Å². The second kappa shape index (κ2) is 18.2. The van der Waals surface area contributed by atoms with Crippen molar-refractivity contribution < 1.29 is 33.0 Å². The van der Waals surface area contributed by atoms with Crippen molar-refractivity contribution >= 4 is 54.6 Å². The van der Waals surface area contributed by atoms with Gasteiger partial charge in [0.05, 0.1) is 32.7 Å². The predicted molar refractivity (Wildman–Crippen MR) is 182 cm³/mol. The molecule has 0 saturated carbocycles. The molecule has 0 aliphatic carbocycles. The van der Waals surface area contributed by atoms with Gasteiger partial charge in [0.2, 0.25) is 17.8 Å². The van der Waals surface area contributed by atoms with Crippen molar-refractivity contribution in [2.45, 2.75) is 6.54 Å². The number of carbonyl (C=O) groups is 2. The van der Waals surface area contributed by atoms with Crippen molar-refractivity contribution in [3.8, 4) is 5.75 Å². The number of amides is 2. The Hall–Kier alpha value is -5.24. The number of hydrogen-bond donors (Lipinski definition) is 6. The molecule has 13 nitrogen and oxygen atoms in total. The summed E-state index contributed by atoms with van der Waals surface area (Å²) in [5, 5.41) is 24.3. The lowest BCUT2D eigenvalue weighted by molar-refractivity contribution is 0.0534. The maximum Gasteiger partial charge on any atom is 0.416 e. The monoisotopic (exact) mass is 681 g/mol. The van der Waals surface area contributed by atoms with Gasteiger partial charge in [-0.15, -0.1) is 0 Å². The van der Waals surface area contributed by atoms with Gasteiger partial charge in [0.15, 0.2) is 7.55 Å². The fraction of sp³-hybridized carbons (Fsp3) is 0.250. The number of rotatable bonds is 18. The van der Waals surface area contributed by atoms with Crippen LogP contribution in [0.5, 0.6) is 5.75 Å². The maximum absolute atomic E-state index is 13.4. The summed E-state index contributed by atoms with van der Waals surface area (Å²) < 4.78 is 37.9. The Morgan fingerprint density at radius 1 is 0.771 bits per heavy atom. The van der Waals surface area contributed by atoms with Crippen LogP contribution in [0.3, 0.4) is 0 Å². The highest BCUT2D eigenvalue weighted by atomic mass is 31.1. The molecule has 1 unspecified atom stereocenters. The minimum atomic E-state index is -0.908. The molecule has 1 heterocycles. The first-order valence-electron chi connectivity index (χ1n) is 14.8. The van der Waals surface area contributed by atoms with E-state index in [9.17, 15) is 23.5 Å². The van der Waals surface area contributed by atoms with E-state index in [1.807, 2.05) is 0 Å². The number of benzene rings is 3. The van der Waals surface area contributed by atoms with Crippen LogP contribution in [-0.2, 0) is 16.0 Å². The predicted octanol–water partition coefficient (Wildman–Crippen LogP) is 4.97. The third-order valence-corrected chi connectivity index (χ3v) is 7.16. The molecule has 0 aliphatic rings. The van der Waals surface area contributed by atoms with Crippen LogP contribution in [0.4, 0.5) is 42.8 Å². The number of hydrogen-bond acceptors (Lipinski definition) is 11. The molecule has 3 aromatic carbocycles. The van der Waals surface area contributed by atoms with E-state index in [2.05, 4.69) is 47.8 Å². The molecular formula is C32H36F2N8O5P+. The summed E-state index contributed by atoms with van der Waals surface area (Å²) in [6.07, 6.45) is 3.72. The average molecular weight is 682 g/mol. The number of aromatic hydroxyl groups is 1. The molecule has 4 aromatic rings. The van der Waals surface area contributed by atoms with Crippen molar-refractivity contribution in [2.75, 3.05) is 62.1 Å². The topological polar surface area (TPSA) is 172 Å². The van der Waals surface area contributed by atoms with Crippen LogP contribution >= 0.6 is 7.55 Å². The summed E-state index contributed by atoms with van der Waals surface area (Å²) in [7, 11) is -0.908. The standard InChI is InChI=1S/C32H35F2N8O5P/c1-48(2)32(45)36-12-14-47-16-15-46-13-11-35-29-40-30(42-31(41-29)39-26-7-9-27(43)10-8-26)38-25-5-3-22(4-6-25)28(44)37-20-21-17-23(33)19-24(34)18-21/h3-10,17-19H,1,11-16,20H2,2H3,(H5-,35,36,37,38,39,40,41,42,43,44,45)/p+1. The van der Waals surface area contributed by atoms with E-state index in [4.69, 9.17) is 9.47 Å². The molecule has 4 rings (SSSR count). The highest BCUT2D eigenvalue weighted by Gasteiger charge is 2.12. The molecule has 0 spiro atoms. The van der Waals surface area contributed by atoms with Gasteiger partial charge in [-0.1, -0.05) is 0 Å². The zero-order valence-corrected chi connectivity index (χ0v) is 27.0. The van der Waals surface area contributed by atoms with Crippen molar-refractivity contribution in [2.24, 2.45) is 0 Å². The average Bonchev–Trinajstić information content (AvgIpc) is 3.05. The molecule has 2 amide bonds. The van der Waals surface area contributed by atoms with E-state index in [-0.39, 0.29) is 35.8 Å². The van der Waals surface area contributed by atoms with E-state index < -0.39 is 25.1 Å². The Kier molecular flexibility index (Phi) is 13.5. The highest BCUT2D eigenvalue weighted by molar-refractivity contribution is 7.71. The number of aromatic nitrogens is 3. The van der Waals surface area contributed by atoms with Crippen molar-refractivity contribution in [3.05, 3.63) is 89.5 Å². The summed E-state index contributed by atoms with van der Waals surface area (Å²) >= 11 is 0. The van der Waals surface area contributed by atoms with E-state index in [0.717, 1.165) is 18.2 Å². The minimum absolute atomic E-state index is 0.0397. The molecule has 16 heteroatoms. The van der Waals surface area contributed by atoms with Crippen LogP contribution < -0.4 is 26.6 Å². The van der Waals surface area contributed by atoms with Gasteiger partial charge < -0.3 is 41.2 Å². The quantitative estimate of drug-likeness (QED) is 0.0476. The largest absolute Gasteiger partial charge is 0.508 e. The second-order valence-corrected chi connectivity index (χ2v) is 12.0. The molecule has 0 bridgehead atoms. The van der Waals surface area contributed by atoms with Crippen LogP contribution in [0.25, 0.3) is 0 Å². The second-order valence-electron chi connectivity index (χ2n) is 10.2. The Morgan fingerprint density at radius 3 is 1.90 bits per heavy atom. The smallest absolute Gasteiger partial charge is 0.416 e. The summed E-state index contributed by atoms with van der Waals surface area (Å²) in [5.74, 6) is -1.05.